The molecule has 0 radical (unpaired) electrons. The Bertz CT molecular complexity index is 1250. The number of carbonyl (C=O) groups is 1. The highest BCUT2D eigenvalue weighted by Crippen LogP contribution is 2.28. The molecule has 0 atom stereocenters. The van der Waals surface area contributed by atoms with Gasteiger partial charge in [0.15, 0.2) is 0 Å². The zero-order valence-electron chi connectivity index (χ0n) is 16.2. The van der Waals surface area contributed by atoms with E-state index >= 15 is 0 Å². The molecule has 0 bridgehead atoms. The highest BCUT2D eigenvalue weighted by Gasteiger charge is 2.24. The second-order valence-electron chi connectivity index (χ2n) is 6.76. The topological polar surface area (TPSA) is 55.5 Å². The smallest absolute Gasteiger partial charge is 0.345 e. The van der Waals surface area contributed by atoms with E-state index in [0.29, 0.717) is 29.8 Å². The second-order valence-corrected chi connectivity index (χ2v) is 6.76. The zero-order chi connectivity index (χ0) is 19.8. The fourth-order valence-electron chi connectivity index (χ4n) is 3.83. The van der Waals surface area contributed by atoms with Crippen molar-refractivity contribution in [1.29, 1.82) is 0 Å². The molecular weight excluding hydrogens is 352 g/mol. The van der Waals surface area contributed by atoms with Gasteiger partial charge in [0.2, 0.25) is 0 Å². The lowest BCUT2D eigenvalue weighted by molar-refractivity contribution is 0.0980. The lowest BCUT2D eigenvalue weighted by Gasteiger charge is -2.23. The van der Waals surface area contributed by atoms with Gasteiger partial charge in [-0.3, -0.25) is 4.79 Å². The molecule has 4 aromatic rings. The van der Waals surface area contributed by atoms with Crippen LogP contribution in [0.3, 0.4) is 0 Å². The molecule has 2 aromatic heterocycles. The standard InChI is InChI=1S/C23H22N2O3/c1-4-24-19(22(26)25(5-2)18-12-8-6-10-15(18)3)14-17-21(24)16-11-7-9-13-20(16)28-23(17)27/h6-14H,4-5H2,1-3H3. The summed E-state index contributed by atoms with van der Waals surface area (Å²) < 4.78 is 7.38. The highest BCUT2D eigenvalue weighted by molar-refractivity contribution is 6.11. The van der Waals surface area contributed by atoms with E-state index < -0.39 is 5.63 Å². The van der Waals surface area contributed by atoms with Gasteiger partial charge in [0.05, 0.1) is 10.9 Å². The van der Waals surface area contributed by atoms with Gasteiger partial charge >= 0.3 is 5.63 Å². The van der Waals surface area contributed by atoms with Crippen molar-refractivity contribution in [3.63, 3.8) is 0 Å². The van der Waals surface area contributed by atoms with E-state index in [-0.39, 0.29) is 5.91 Å². The molecule has 5 heteroatoms. The van der Waals surface area contributed by atoms with Crippen LogP contribution in [0.5, 0.6) is 0 Å². The molecule has 0 spiro atoms. The number of para-hydroxylation sites is 2. The van der Waals surface area contributed by atoms with Crippen LogP contribution in [0.4, 0.5) is 5.69 Å². The third-order valence-electron chi connectivity index (χ3n) is 5.16. The molecule has 5 nitrogen and oxygen atoms in total. The van der Waals surface area contributed by atoms with E-state index in [0.717, 1.165) is 22.2 Å². The van der Waals surface area contributed by atoms with Crippen LogP contribution in [0.15, 0.2) is 63.8 Å². The fourth-order valence-corrected chi connectivity index (χ4v) is 3.83. The van der Waals surface area contributed by atoms with Gasteiger partial charge in [-0.25, -0.2) is 4.79 Å². The average Bonchev–Trinajstić information content (AvgIpc) is 3.10. The Morgan fingerprint density at radius 2 is 1.75 bits per heavy atom. The van der Waals surface area contributed by atoms with Crippen molar-refractivity contribution in [3.05, 3.63) is 76.3 Å². The van der Waals surface area contributed by atoms with Crippen molar-refractivity contribution in [1.82, 2.24) is 4.57 Å². The maximum Gasteiger partial charge on any atom is 0.345 e. The van der Waals surface area contributed by atoms with E-state index in [1.54, 1.807) is 17.0 Å². The number of aromatic nitrogens is 1. The number of aryl methyl sites for hydroxylation is 2. The first-order chi connectivity index (χ1) is 13.6. The third kappa shape index (κ3) is 2.71. The Labute approximate surface area is 162 Å². The minimum absolute atomic E-state index is 0.127. The van der Waals surface area contributed by atoms with Crippen molar-refractivity contribution in [3.8, 4) is 0 Å². The summed E-state index contributed by atoms with van der Waals surface area (Å²) in [5.41, 5.74) is 3.25. The van der Waals surface area contributed by atoms with Crippen molar-refractivity contribution >= 4 is 33.5 Å². The summed E-state index contributed by atoms with van der Waals surface area (Å²) in [7, 11) is 0. The van der Waals surface area contributed by atoms with E-state index in [4.69, 9.17) is 4.42 Å². The molecule has 0 unspecified atom stereocenters. The Hall–Kier alpha value is -3.34. The van der Waals surface area contributed by atoms with Crippen LogP contribution >= 0.6 is 0 Å². The molecule has 0 saturated carbocycles. The molecule has 0 aliphatic rings. The fraction of sp³-hybridized carbons (Fsp3) is 0.217. The van der Waals surface area contributed by atoms with Crippen LogP contribution < -0.4 is 10.5 Å². The van der Waals surface area contributed by atoms with Gasteiger partial charge in [-0.15, -0.1) is 0 Å². The minimum atomic E-state index is -0.422. The first-order valence-electron chi connectivity index (χ1n) is 9.49. The molecule has 0 aliphatic heterocycles. The Kier molecular flexibility index (Phi) is 4.51. The van der Waals surface area contributed by atoms with Crippen LogP contribution in [-0.4, -0.2) is 17.0 Å². The van der Waals surface area contributed by atoms with Crippen molar-refractivity contribution in [2.45, 2.75) is 27.3 Å². The SMILES string of the molecule is CCN(C(=O)c1cc2c(=O)oc3ccccc3c2n1CC)c1ccccc1C. The first-order valence-corrected chi connectivity index (χ1v) is 9.49. The van der Waals surface area contributed by atoms with Crippen LogP contribution in [0.25, 0.3) is 21.9 Å². The molecule has 0 saturated heterocycles. The molecular formula is C23H22N2O3. The van der Waals surface area contributed by atoms with Crippen LogP contribution in [-0.2, 0) is 6.54 Å². The summed E-state index contributed by atoms with van der Waals surface area (Å²) in [6.45, 7) is 7.02. The molecule has 0 aliphatic carbocycles. The van der Waals surface area contributed by atoms with Gasteiger partial charge in [0, 0.05) is 24.2 Å². The van der Waals surface area contributed by atoms with Crippen LogP contribution in [0, 0.1) is 6.92 Å². The van der Waals surface area contributed by atoms with E-state index in [9.17, 15) is 9.59 Å². The average molecular weight is 374 g/mol. The number of hydrogen-bond acceptors (Lipinski definition) is 3. The van der Waals surface area contributed by atoms with Crippen molar-refractivity contribution in [2.24, 2.45) is 0 Å². The molecule has 0 N–H and O–H groups in total. The van der Waals surface area contributed by atoms with Gasteiger partial charge in [0.25, 0.3) is 5.91 Å². The summed E-state index contributed by atoms with van der Waals surface area (Å²) in [5, 5.41) is 1.27. The van der Waals surface area contributed by atoms with Crippen molar-refractivity contribution in [2.75, 3.05) is 11.4 Å². The number of anilines is 1. The van der Waals surface area contributed by atoms with Gasteiger partial charge in [-0.2, -0.15) is 0 Å². The maximum absolute atomic E-state index is 13.5. The van der Waals surface area contributed by atoms with Crippen molar-refractivity contribution < 1.29 is 9.21 Å². The molecule has 142 valence electrons. The predicted octanol–water partition coefficient (Wildman–Crippen LogP) is 4.74. The van der Waals surface area contributed by atoms with E-state index in [1.165, 1.54) is 0 Å². The summed E-state index contributed by atoms with van der Waals surface area (Å²) in [6.07, 6.45) is 0. The van der Waals surface area contributed by atoms with Gasteiger partial charge in [-0.05, 0) is 50.6 Å². The number of carbonyl (C=O) groups excluding carboxylic acids is 1. The van der Waals surface area contributed by atoms with Crippen LogP contribution in [0.1, 0.15) is 29.9 Å². The number of rotatable bonds is 4. The molecule has 1 amide bonds. The minimum Gasteiger partial charge on any atom is -0.422 e. The Morgan fingerprint density at radius 1 is 1.04 bits per heavy atom. The summed E-state index contributed by atoms with van der Waals surface area (Å²) in [6, 6.07) is 16.9. The normalized spacial score (nSPS) is 11.2. The molecule has 4 rings (SSSR count). The third-order valence-corrected chi connectivity index (χ3v) is 5.16. The molecule has 28 heavy (non-hydrogen) atoms. The lowest BCUT2D eigenvalue weighted by Crippen LogP contribution is -2.32. The number of nitrogens with zero attached hydrogens (tertiary/aromatic N) is 2. The second kappa shape index (κ2) is 7.00. The van der Waals surface area contributed by atoms with Gasteiger partial charge in [0.1, 0.15) is 11.3 Å². The Morgan fingerprint density at radius 3 is 2.46 bits per heavy atom. The van der Waals surface area contributed by atoms with E-state index in [1.807, 2.05) is 67.8 Å². The quantitative estimate of drug-likeness (QED) is 0.485. The van der Waals surface area contributed by atoms with Gasteiger partial charge in [-0.1, -0.05) is 30.3 Å². The largest absolute Gasteiger partial charge is 0.422 e. The molecule has 2 heterocycles. The van der Waals surface area contributed by atoms with Crippen LogP contribution in [0.2, 0.25) is 0 Å². The summed E-state index contributed by atoms with van der Waals surface area (Å²) >= 11 is 0. The molecule has 0 fully saturated rings. The van der Waals surface area contributed by atoms with E-state index in [2.05, 4.69) is 0 Å². The maximum atomic E-state index is 13.5. The number of hydrogen-bond donors (Lipinski definition) is 0. The molecule has 2 aromatic carbocycles. The summed E-state index contributed by atoms with van der Waals surface area (Å²) in [4.78, 5) is 27.8. The zero-order valence-corrected chi connectivity index (χ0v) is 16.2. The highest BCUT2D eigenvalue weighted by atomic mass is 16.4. The predicted molar refractivity (Wildman–Crippen MR) is 112 cm³/mol. The number of amides is 1. The monoisotopic (exact) mass is 374 g/mol. The number of benzene rings is 2. The number of fused-ring (bicyclic) bond motifs is 3. The first kappa shape index (κ1) is 18.0. The lowest BCUT2D eigenvalue weighted by atomic mass is 10.1. The van der Waals surface area contributed by atoms with Gasteiger partial charge < -0.3 is 13.9 Å². The Balaban J connectivity index is 1.97. The summed E-state index contributed by atoms with van der Waals surface area (Å²) in [5.74, 6) is -0.127.